The summed E-state index contributed by atoms with van der Waals surface area (Å²) in [5, 5.41) is 8.86. The lowest BCUT2D eigenvalue weighted by Crippen LogP contribution is -2.20. The largest absolute Gasteiger partial charge is 0.368 e. The molecule has 0 amide bonds. The van der Waals surface area contributed by atoms with E-state index in [4.69, 9.17) is 5.26 Å². The van der Waals surface area contributed by atoms with E-state index < -0.39 is 0 Å². The molecule has 0 N–H and O–H groups in total. The lowest BCUT2D eigenvalue weighted by Gasteiger charge is -2.27. The first kappa shape index (κ1) is 10.4. The summed E-state index contributed by atoms with van der Waals surface area (Å²) in [6, 6.07) is 5.82. The van der Waals surface area contributed by atoms with Crippen LogP contribution < -0.4 is 0 Å². The van der Waals surface area contributed by atoms with E-state index in [1.807, 2.05) is 19.3 Å². The molecule has 16 heavy (non-hydrogen) atoms. The van der Waals surface area contributed by atoms with Crippen LogP contribution >= 0.6 is 0 Å². The highest BCUT2D eigenvalue weighted by atomic mass is 15.1. The highest BCUT2D eigenvalue weighted by Gasteiger charge is 2.16. The molecule has 3 nitrogen and oxygen atoms in total. The maximum Gasteiger partial charge on any atom is 0.0992 e. The van der Waals surface area contributed by atoms with Crippen molar-refractivity contribution in [2.75, 3.05) is 7.05 Å². The van der Waals surface area contributed by atoms with Gasteiger partial charge in [-0.3, -0.25) is 4.98 Å². The van der Waals surface area contributed by atoms with Crippen molar-refractivity contribution in [3.63, 3.8) is 0 Å². The van der Waals surface area contributed by atoms with Gasteiger partial charge in [0.05, 0.1) is 23.4 Å². The van der Waals surface area contributed by atoms with E-state index in [2.05, 4.69) is 35.0 Å². The molecule has 0 bridgehead atoms. The van der Waals surface area contributed by atoms with Gasteiger partial charge in [0.1, 0.15) is 0 Å². The molecule has 0 radical (unpaired) electrons. The summed E-state index contributed by atoms with van der Waals surface area (Å²) < 4.78 is 0. The molecule has 1 aromatic heterocycles. The third kappa shape index (κ3) is 1.96. The highest BCUT2D eigenvalue weighted by Crippen LogP contribution is 2.25. The molecule has 2 heterocycles. The van der Waals surface area contributed by atoms with Gasteiger partial charge in [-0.15, -0.1) is 0 Å². The average molecular weight is 211 g/mol. The Kier molecular flexibility index (Phi) is 2.74. The quantitative estimate of drug-likeness (QED) is 0.716. The minimum absolute atomic E-state index is 0.123. The molecule has 2 rings (SSSR count). The Labute approximate surface area is 95.3 Å². The number of pyridine rings is 1. The predicted molar refractivity (Wildman–Crippen MR) is 62.4 cm³/mol. The molecule has 1 aromatic rings. The standard InChI is InChI=1S/C13H13N3/c1-10-4-6-16(2)13(7-10)12-8-11(9-14)3-5-15-12/h3-8,13H,1-2H3. The second kappa shape index (κ2) is 4.19. The van der Waals surface area contributed by atoms with Crippen molar-refractivity contribution in [2.24, 2.45) is 0 Å². The zero-order valence-electron chi connectivity index (χ0n) is 9.38. The van der Waals surface area contributed by atoms with Gasteiger partial charge in [0.15, 0.2) is 0 Å². The summed E-state index contributed by atoms with van der Waals surface area (Å²) in [5.41, 5.74) is 2.77. The summed E-state index contributed by atoms with van der Waals surface area (Å²) >= 11 is 0. The Morgan fingerprint density at radius 3 is 3.06 bits per heavy atom. The smallest absolute Gasteiger partial charge is 0.0992 e. The van der Waals surface area contributed by atoms with E-state index >= 15 is 0 Å². The van der Waals surface area contributed by atoms with E-state index in [1.54, 1.807) is 12.3 Å². The van der Waals surface area contributed by atoms with E-state index in [-0.39, 0.29) is 6.04 Å². The Bertz CT molecular complexity index is 494. The second-order valence-corrected chi connectivity index (χ2v) is 3.92. The fraction of sp³-hybridized carbons (Fsp3) is 0.231. The molecular formula is C13H13N3. The summed E-state index contributed by atoms with van der Waals surface area (Å²) in [7, 11) is 2.00. The van der Waals surface area contributed by atoms with Crippen LogP contribution in [0.2, 0.25) is 0 Å². The van der Waals surface area contributed by atoms with Crippen LogP contribution in [0.25, 0.3) is 0 Å². The number of nitrogens with zero attached hydrogens (tertiary/aromatic N) is 3. The van der Waals surface area contributed by atoms with Crippen molar-refractivity contribution in [3.8, 4) is 6.07 Å². The van der Waals surface area contributed by atoms with Crippen LogP contribution in [0, 0.1) is 11.3 Å². The summed E-state index contributed by atoms with van der Waals surface area (Å²) in [6.45, 7) is 2.06. The average Bonchev–Trinajstić information content (AvgIpc) is 2.32. The van der Waals surface area contributed by atoms with Crippen LogP contribution in [0.1, 0.15) is 24.2 Å². The minimum atomic E-state index is 0.123. The van der Waals surface area contributed by atoms with Crippen LogP contribution in [0.15, 0.2) is 42.3 Å². The van der Waals surface area contributed by atoms with Crippen molar-refractivity contribution >= 4 is 0 Å². The van der Waals surface area contributed by atoms with Gasteiger partial charge < -0.3 is 4.90 Å². The second-order valence-electron chi connectivity index (χ2n) is 3.92. The fourth-order valence-corrected chi connectivity index (χ4v) is 1.72. The number of allylic oxidation sites excluding steroid dienone is 2. The molecule has 0 saturated carbocycles. The van der Waals surface area contributed by atoms with Gasteiger partial charge in [0, 0.05) is 13.2 Å². The molecule has 0 spiro atoms. The van der Waals surface area contributed by atoms with Crippen LogP contribution in [-0.2, 0) is 0 Å². The number of hydrogen-bond donors (Lipinski definition) is 0. The molecule has 1 aliphatic heterocycles. The van der Waals surface area contributed by atoms with E-state index in [0.29, 0.717) is 5.56 Å². The third-order valence-electron chi connectivity index (χ3n) is 2.65. The molecule has 1 atom stereocenters. The van der Waals surface area contributed by atoms with Crippen molar-refractivity contribution in [1.82, 2.24) is 9.88 Å². The molecule has 1 unspecified atom stereocenters. The first-order valence-electron chi connectivity index (χ1n) is 5.15. The zero-order chi connectivity index (χ0) is 11.5. The summed E-state index contributed by atoms with van der Waals surface area (Å²) in [6.07, 6.45) is 7.91. The van der Waals surface area contributed by atoms with Gasteiger partial charge >= 0.3 is 0 Å². The van der Waals surface area contributed by atoms with Gasteiger partial charge in [-0.2, -0.15) is 5.26 Å². The van der Waals surface area contributed by atoms with Crippen LogP contribution in [0.4, 0.5) is 0 Å². The number of likely N-dealkylation sites (N-methyl/N-ethyl adjacent to an activating group) is 1. The molecule has 3 heteroatoms. The molecule has 0 aromatic carbocycles. The van der Waals surface area contributed by atoms with Crippen molar-refractivity contribution in [2.45, 2.75) is 13.0 Å². The number of nitriles is 1. The molecule has 0 aliphatic carbocycles. The molecular weight excluding hydrogens is 198 g/mol. The van der Waals surface area contributed by atoms with Crippen molar-refractivity contribution in [1.29, 1.82) is 5.26 Å². The minimum Gasteiger partial charge on any atom is -0.368 e. The third-order valence-corrected chi connectivity index (χ3v) is 2.65. The monoisotopic (exact) mass is 211 g/mol. The first-order valence-corrected chi connectivity index (χ1v) is 5.15. The topological polar surface area (TPSA) is 39.9 Å². The predicted octanol–water partition coefficient (Wildman–Crippen LogP) is 2.40. The lowest BCUT2D eigenvalue weighted by molar-refractivity contribution is 0.380. The Hall–Kier alpha value is -2.08. The normalized spacial score (nSPS) is 19.2. The van der Waals surface area contributed by atoms with Gasteiger partial charge in [-0.1, -0.05) is 11.6 Å². The first-order chi connectivity index (χ1) is 7.70. The number of rotatable bonds is 1. The van der Waals surface area contributed by atoms with Crippen molar-refractivity contribution < 1.29 is 0 Å². The molecule has 1 aliphatic rings. The molecule has 0 fully saturated rings. The number of aromatic nitrogens is 1. The van der Waals surface area contributed by atoms with E-state index in [9.17, 15) is 0 Å². The van der Waals surface area contributed by atoms with Crippen molar-refractivity contribution in [3.05, 3.63) is 53.5 Å². The van der Waals surface area contributed by atoms with Gasteiger partial charge in [0.25, 0.3) is 0 Å². The van der Waals surface area contributed by atoms with Crippen LogP contribution in [0.5, 0.6) is 0 Å². The number of hydrogen-bond acceptors (Lipinski definition) is 3. The maximum atomic E-state index is 8.86. The molecule has 80 valence electrons. The SMILES string of the molecule is CC1=CC(c2cc(C#N)ccn2)N(C)C=C1. The fourth-order valence-electron chi connectivity index (χ4n) is 1.72. The lowest BCUT2D eigenvalue weighted by atomic mass is 10.0. The van der Waals surface area contributed by atoms with Crippen LogP contribution in [-0.4, -0.2) is 16.9 Å². The van der Waals surface area contributed by atoms with Gasteiger partial charge in [-0.25, -0.2) is 0 Å². The van der Waals surface area contributed by atoms with E-state index in [1.165, 1.54) is 5.57 Å². The Balaban J connectivity index is 2.37. The zero-order valence-corrected chi connectivity index (χ0v) is 9.38. The van der Waals surface area contributed by atoms with Gasteiger partial charge in [0.2, 0.25) is 0 Å². The summed E-state index contributed by atoms with van der Waals surface area (Å²) in [4.78, 5) is 6.40. The molecule has 0 saturated heterocycles. The Morgan fingerprint density at radius 1 is 1.50 bits per heavy atom. The highest BCUT2D eigenvalue weighted by molar-refractivity contribution is 5.34. The van der Waals surface area contributed by atoms with Crippen LogP contribution in [0.3, 0.4) is 0 Å². The van der Waals surface area contributed by atoms with E-state index in [0.717, 1.165) is 5.69 Å². The maximum absolute atomic E-state index is 8.86. The Morgan fingerprint density at radius 2 is 2.31 bits per heavy atom. The summed E-state index contributed by atoms with van der Waals surface area (Å²) in [5.74, 6) is 0. The van der Waals surface area contributed by atoms with Gasteiger partial charge in [-0.05, 0) is 31.3 Å².